The number of hydrogen-bond donors (Lipinski definition) is 1. The maximum Gasteiger partial charge on any atom is 0.230 e. The molecule has 0 atom stereocenters. The fraction of sp³-hybridized carbons (Fsp3) is 0.381. The highest BCUT2D eigenvalue weighted by molar-refractivity contribution is 5.88. The van der Waals surface area contributed by atoms with Gasteiger partial charge in [-0.05, 0) is 36.5 Å². The summed E-state index contributed by atoms with van der Waals surface area (Å²) in [5.74, 6) is 1.05. The molecule has 1 saturated carbocycles. The first-order valence-electron chi connectivity index (χ1n) is 8.72. The third-order valence-electron chi connectivity index (χ3n) is 5.09. The van der Waals surface area contributed by atoms with Gasteiger partial charge in [-0.1, -0.05) is 61.4 Å². The summed E-state index contributed by atoms with van der Waals surface area (Å²) >= 11 is 0. The standard InChI is InChI=1S/C21H25NO2/c1-24-19-12-6-5-9-17(19)13-16-22-20(23)21(14-7-8-15-21)18-10-3-2-4-11-18/h2-6,9-12H,7-8,13-16H2,1H3,(H,22,23). The smallest absolute Gasteiger partial charge is 0.230 e. The van der Waals surface area contributed by atoms with E-state index in [1.807, 2.05) is 42.5 Å². The molecule has 1 aliphatic rings. The molecule has 0 aromatic heterocycles. The van der Waals surface area contributed by atoms with Crippen LogP contribution in [0.2, 0.25) is 0 Å². The highest BCUT2D eigenvalue weighted by Crippen LogP contribution is 2.41. The molecule has 0 unspecified atom stereocenters. The van der Waals surface area contributed by atoms with Gasteiger partial charge in [0.2, 0.25) is 5.91 Å². The molecule has 0 bridgehead atoms. The van der Waals surface area contributed by atoms with Crippen LogP contribution < -0.4 is 10.1 Å². The van der Waals surface area contributed by atoms with Crippen molar-refractivity contribution < 1.29 is 9.53 Å². The number of para-hydroxylation sites is 1. The predicted octanol–water partition coefficient (Wildman–Crippen LogP) is 3.87. The van der Waals surface area contributed by atoms with Gasteiger partial charge in [0, 0.05) is 6.54 Å². The third kappa shape index (κ3) is 3.30. The highest BCUT2D eigenvalue weighted by atomic mass is 16.5. The molecule has 3 heteroatoms. The normalized spacial score (nSPS) is 15.9. The average Bonchev–Trinajstić information content (AvgIpc) is 3.14. The lowest BCUT2D eigenvalue weighted by molar-refractivity contribution is -0.126. The van der Waals surface area contributed by atoms with Gasteiger partial charge in [-0.25, -0.2) is 0 Å². The van der Waals surface area contributed by atoms with Crippen molar-refractivity contribution in [1.29, 1.82) is 0 Å². The van der Waals surface area contributed by atoms with Crippen molar-refractivity contribution in [3.8, 4) is 5.75 Å². The second-order valence-electron chi connectivity index (χ2n) is 6.47. The van der Waals surface area contributed by atoms with Crippen LogP contribution in [0.3, 0.4) is 0 Å². The summed E-state index contributed by atoms with van der Waals surface area (Å²) in [6.07, 6.45) is 4.90. The van der Waals surface area contributed by atoms with Gasteiger partial charge >= 0.3 is 0 Å². The Hall–Kier alpha value is -2.29. The summed E-state index contributed by atoms with van der Waals surface area (Å²) in [7, 11) is 1.68. The molecule has 0 saturated heterocycles. The van der Waals surface area contributed by atoms with Crippen molar-refractivity contribution in [3.63, 3.8) is 0 Å². The number of rotatable bonds is 6. The number of carbonyl (C=O) groups is 1. The fourth-order valence-corrected chi connectivity index (χ4v) is 3.77. The van der Waals surface area contributed by atoms with Crippen LogP contribution in [0.25, 0.3) is 0 Å². The quantitative estimate of drug-likeness (QED) is 0.876. The second-order valence-corrected chi connectivity index (χ2v) is 6.47. The van der Waals surface area contributed by atoms with Gasteiger partial charge in [-0.2, -0.15) is 0 Å². The molecule has 0 aliphatic heterocycles. The SMILES string of the molecule is COc1ccccc1CCNC(=O)C1(c2ccccc2)CCCC1. The van der Waals surface area contributed by atoms with Crippen LogP contribution >= 0.6 is 0 Å². The molecule has 2 aromatic carbocycles. The monoisotopic (exact) mass is 323 g/mol. The molecule has 126 valence electrons. The lowest BCUT2D eigenvalue weighted by atomic mass is 9.78. The number of benzene rings is 2. The molecule has 0 radical (unpaired) electrons. The van der Waals surface area contributed by atoms with E-state index < -0.39 is 0 Å². The Labute approximate surface area is 144 Å². The van der Waals surface area contributed by atoms with E-state index in [0.717, 1.165) is 49.0 Å². The van der Waals surface area contributed by atoms with E-state index in [-0.39, 0.29) is 11.3 Å². The van der Waals surface area contributed by atoms with Gasteiger partial charge in [0.05, 0.1) is 12.5 Å². The Morgan fingerprint density at radius 3 is 2.42 bits per heavy atom. The highest BCUT2D eigenvalue weighted by Gasteiger charge is 2.42. The van der Waals surface area contributed by atoms with E-state index >= 15 is 0 Å². The Morgan fingerprint density at radius 1 is 1.04 bits per heavy atom. The van der Waals surface area contributed by atoms with Crippen LogP contribution in [0.1, 0.15) is 36.8 Å². The van der Waals surface area contributed by atoms with Crippen LogP contribution in [0.15, 0.2) is 54.6 Å². The molecule has 1 N–H and O–H groups in total. The van der Waals surface area contributed by atoms with Crippen molar-refractivity contribution in [1.82, 2.24) is 5.32 Å². The van der Waals surface area contributed by atoms with Gasteiger partial charge in [-0.15, -0.1) is 0 Å². The summed E-state index contributed by atoms with van der Waals surface area (Å²) in [5, 5.41) is 3.17. The number of ether oxygens (including phenoxy) is 1. The number of hydrogen-bond acceptors (Lipinski definition) is 2. The molecule has 1 fully saturated rings. The Balaban J connectivity index is 1.67. The summed E-state index contributed by atoms with van der Waals surface area (Å²) in [5.41, 5.74) is 1.93. The van der Waals surface area contributed by atoms with E-state index in [9.17, 15) is 4.79 Å². The average molecular weight is 323 g/mol. The maximum atomic E-state index is 13.0. The summed E-state index contributed by atoms with van der Waals surface area (Å²) in [4.78, 5) is 13.0. The molecule has 1 amide bonds. The zero-order valence-corrected chi connectivity index (χ0v) is 14.3. The van der Waals surface area contributed by atoms with Crippen LogP contribution in [-0.4, -0.2) is 19.6 Å². The molecule has 0 spiro atoms. The fourth-order valence-electron chi connectivity index (χ4n) is 3.77. The van der Waals surface area contributed by atoms with E-state index in [4.69, 9.17) is 4.74 Å². The van der Waals surface area contributed by atoms with Crippen molar-refractivity contribution in [2.45, 2.75) is 37.5 Å². The zero-order chi connectivity index (χ0) is 16.8. The van der Waals surface area contributed by atoms with Gasteiger partial charge in [0.25, 0.3) is 0 Å². The maximum absolute atomic E-state index is 13.0. The van der Waals surface area contributed by atoms with Gasteiger partial charge < -0.3 is 10.1 Å². The lowest BCUT2D eigenvalue weighted by Crippen LogP contribution is -2.43. The Kier molecular flexibility index (Phi) is 5.19. The number of methoxy groups -OCH3 is 1. The Bertz CT molecular complexity index is 675. The minimum Gasteiger partial charge on any atom is -0.496 e. The van der Waals surface area contributed by atoms with Crippen LogP contribution in [0.4, 0.5) is 0 Å². The second kappa shape index (κ2) is 7.52. The summed E-state index contributed by atoms with van der Waals surface area (Å²) in [6.45, 7) is 0.633. The van der Waals surface area contributed by atoms with Crippen molar-refractivity contribution in [2.75, 3.05) is 13.7 Å². The van der Waals surface area contributed by atoms with E-state index in [2.05, 4.69) is 17.4 Å². The first kappa shape index (κ1) is 16.6. The number of carbonyl (C=O) groups excluding carboxylic acids is 1. The van der Waals surface area contributed by atoms with Gasteiger partial charge in [0.15, 0.2) is 0 Å². The van der Waals surface area contributed by atoms with Crippen LogP contribution in [0.5, 0.6) is 5.75 Å². The van der Waals surface area contributed by atoms with E-state index in [0.29, 0.717) is 6.54 Å². The molecule has 2 aromatic rings. The third-order valence-corrected chi connectivity index (χ3v) is 5.09. The van der Waals surface area contributed by atoms with Crippen LogP contribution in [0, 0.1) is 0 Å². The number of nitrogens with one attached hydrogen (secondary N) is 1. The first-order chi connectivity index (χ1) is 11.8. The number of amides is 1. The molecular formula is C21H25NO2. The minimum absolute atomic E-state index is 0.168. The van der Waals surface area contributed by atoms with Gasteiger partial charge in [0.1, 0.15) is 5.75 Å². The molecule has 1 aliphatic carbocycles. The van der Waals surface area contributed by atoms with E-state index in [1.54, 1.807) is 7.11 Å². The van der Waals surface area contributed by atoms with Crippen molar-refractivity contribution >= 4 is 5.91 Å². The topological polar surface area (TPSA) is 38.3 Å². The predicted molar refractivity (Wildman–Crippen MR) is 96.3 cm³/mol. The molecule has 3 nitrogen and oxygen atoms in total. The Morgan fingerprint density at radius 2 is 1.71 bits per heavy atom. The van der Waals surface area contributed by atoms with Crippen LogP contribution in [-0.2, 0) is 16.6 Å². The van der Waals surface area contributed by atoms with E-state index in [1.165, 1.54) is 0 Å². The largest absolute Gasteiger partial charge is 0.496 e. The minimum atomic E-state index is -0.345. The molecule has 0 heterocycles. The summed E-state index contributed by atoms with van der Waals surface area (Å²) in [6, 6.07) is 18.2. The molecule has 3 rings (SSSR count). The van der Waals surface area contributed by atoms with Crippen molar-refractivity contribution in [2.24, 2.45) is 0 Å². The zero-order valence-electron chi connectivity index (χ0n) is 14.3. The lowest BCUT2D eigenvalue weighted by Gasteiger charge is -2.28. The molecule has 24 heavy (non-hydrogen) atoms. The van der Waals surface area contributed by atoms with Gasteiger partial charge in [-0.3, -0.25) is 4.79 Å². The summed E-state index contributed by atoms with van der Waals surface area (Å²) < 4.78 is 5.38. The molecular weight excluding hydrogens is 298 g/mol. The van der Waals surface area contributed by atoms with Crippen molar-refractivity contribution in [3.05, 3.63) is 65.7 Å². The first-order valence-corrected chi connectivity index (χ1v) is 8.72.